The molecule has 6 heteroatoms. The molecule has 1 heterocycles. The number of nitriles is 1. The summed E-state index contributed by atoms with van der Waals surface area (Å²) in [5.41, 5.74) is 0.438. The van der Waals surface area contributed by atoms with E-state index in [9.17, 15) is 4.39 Å². The standard InChI is InChI=1S/C10H7FN4O/c11-8-3-7(4-12)1-2-9(8)15-6-13-14-10(15)5-16/h1-3,6,16H,5H2. The van der Waals surface area contributed by atoms with E-state index in [0.717, 1.165) is 6.07 Å². The van der Waals surface area contributed by atoms with Crippen molar-refractivity contribution in [3.8, 4) is 11.8 Å². The van der Waals surface area contributed by atoms with E-state index in [0.29, 0.717) is 0 Å². The molecule has 0 saturated heterocycles. The van der Waals surface area contributed by atoms with Crippen LogP contribution in [0.25, 0.3) is 5.69 Å². The second kappa shape index (κ2) is 4.08. The molecule has 0 amide bonds. The summed E-state index contributed by atoms with van der Waals surface area (Å²) in [5, 5.41) is 24.8. The Morgan fingerprint density at radius 3 is 2.94 bits per heavy atom. The first kappa shape index (κ1) is 10.3. The summed E-state index contributed by atoms with van der Waals surface area (Å²) in [6.45, 7) is -0.334. The molecule has 5 nitrogen and oxygen atoms in total. The zero-order chi connectivity index (χ0) is 11.5. The van der Waals surface area contributed by atoms with Gasteiger partial charge in [-0.05, 0) is 18.2 Å². The topological polar surface area (TPSA) is 74.7 Å². The predicted molar refractivity (Wildman–Crippen MR) is 52.0 cm³/mol. The highest BCUT2D eigenvalue weighted by Gasteiger charge is 2.10. The summed E-state index contributed by atoms with van der Waals surface area (Å²) in [5.74, 6) is -0.322. The van der Waals surface area contributed by atoms with E-state index >= 15 is 0 Å². The van der Waals surface area contributed by atoms with Crippen molar-refractivity contribution in [1.29, 1.82) is 5.26 Å². The van der Waals surface area contributed by atoms with Crippen LogP contribution in [0, 0.1) is 17.1 Å². The van der Waals surface area contributed by atoms with Crippen LogP contribution in [-0.2, 0) is 6.61 Å². The van der Waals surface area contributed by atoms with Crippen LogP contribution < -0.4 is 0 Å². The van der Waals surface area contributed by atoms with Gasteiger partial charge in [0.25, 0.3) is 0 Å². The number of halogens is 1. The minimum atomic E-state index is -0.562. The lowest BCUT2D eigenvalue weighted by molar-refractivity contribution is 0.268. The number of aliphatic hydroxyl groups is 1. The second-order valence-corrected chi connectivity index (χ2v) is 3.05. The van der Waals surface area contributed by atoms with E-state index in [4.69, 9.17) is 10.4 Å². The van der Waals surface area contributed by atoms with Crippen molar-refractivity contribution in [2.75, 3.05) is 0 Å². The monoisotopic (exact) mass is 218 g/mol. The van der Waals surface area contributed by atoms with E-state index in [1.54, 1.807) is 0 Å². The SMILES string of the molecule is N#Cc1ccc(-n2cnnc2CO)c(F)c1. The zero-order valence-corrected chi connectivity index (χ0v) is 8.13. The smallest absolute Gasteiger partial charge is 0.163 e. The van der Waals surface area contributed by atoms with Gasteiger partial charge in [0, 0.05) is 0 Å². The van der Waals surface area contributed by atoms with Gasteiger partial charge in [-0.1, -0.05) is 0 Å². The number of nitrogens with zero attached hydrogens (tertiary/aromatic N) is 4. The molecule has 0 aliphatic heterocycles. The van der Waals surface area contributed by atoms with E-state index in [2.05, 4.69) is 10.2 Å². The highest BCUT2D eigenvalue weighted by Crippen LogP contribution is 2.15. The van der Waals surface area contributed by atoms with Gasteiger partial charge in [-0.2, -0.15) is 5.26 Å². The maximum atomic E-state index is 13.6. The number of hydrogen-bond donors (Lipinski definition) is 1. The van der Waals surface area contributed by atoms with Gasteiger partial charge in [0.15, 0.2) is 5.82 Å². The first-order chi connectivity index (χ1) is 7.76. The average molecular weight is 218 g/mol. The maximum Gasteiger partial charge on any atom is 0.163 e. The quantitative estimate of drug-likeness (QED) is 0.807. The fourth-order valence-electron chi connectivity index (χ4n) is 1.34. The van der Waals surface area contributed by atoms with Gasteiger partial charge in [-0.3, -0.25) is 4.57 Å². The summed E-state index contributed by atoms with van der Waals surface area (Å²) >= 11 is 0. The Morgan fingerprint density at radius 1 is 1.50 bits per heavy atom. The summed E-state index contributed by atoms with van der Waals surface area (Å²) in [6.07, 6.45) is 1.30. The second-order valence-electron chi connectivity index (χ2n) is 3.05. The van der Waals surface area contributed by atoms with Crippen molar-refractivity contribution in [3.05, 3.63) is 41.7 Å². The largest absolute Gasteiger partial charge is 0.388 e. The van der Waals surface area contributed by atoms with Crippen LogP contribution in [0.2, 0.25) is 0 Å². The molecule has 2 aromatic rings. The molecule has 0 radical (unpaired) electrons. The Hall–Kier alpha value is -2.26. The predicted octanol–water partition coefficient (Wildman–Crippen LogP) is 0.770. The lowest BCUT2D eigenvalue weighted by Gasteiger charge is -2.05. The molecule has 80 valence electrons. The molecule has 2 rings (SSSR count). The molecule has 0 aliphatic carbocycles. The molecule has 16 heavy (non-hydrogen) atoms. The first-order valence-electron chi connectivity index (χ1n) is 4.46. The summed E-state index contributed by atoms with van der Waals surface area (Å²) < 4.78 is 14.9. The van der Waals surface area contributed by atoms with Crippen molar-refractivity contribution < 1.29 is 9.50 Å². The van der Waals surface area contributed by atoms with Gasteiger partial charge in [0.2, 0.25) is 0 Å². The molecule has 1 aromatic carbocycles. The molecule has 0 bridgehead atoms. The van der Waals surface area contributed by atoms with Crippen LogP contribution in [0.1, 0.15) is 11.4 Å². The first-order valence-corrected chi connectivity index (χ1v) is 4.46. The van der Waals surface area contributed by atoms with Crippen molar-refractivity contribution in [1.82, 2.24) is 14.8 Å². The van der Waals surface area contributed by atoms with Gasteiger partial charge in [-0.25, -0.2) is 4.39 Å². The summed E-state index contributed by atoms with van der Waals surface area (Å²) in [7, 11) is 0. The van der Waals surface area contributed by atoms with Gasteiger partial charge >= 0.3 is 0 Å². The molecule has 0 atom stereocenters. The molecule has 0 unspecified atom stereocenters. The number of aliphatic hydroxyl groups excluding tert-OH is 1. The third-order valence-corrected chi connectivity index (χ3v) is 2.10. The molecule has 0 aliphatic rings. The Bertz CT molecular complexity index is 558. The fraction of sp³-hybridized carbons (Fsp3) is 0.100. The molecule has 0 fully saturated rings. The van der Waals surface area contributed by atoms with Crippen LogP contribution in [-0.4, -0.2) is 19.9 Å². The Morgan fingerprint density at radius 2 is 2.31 bits per heavy atom. The molecular formula is C10H7FN4O. The van der Waals surface area contributed by atoms with Gasteiger partial charge in [0.05, 0.1) is 17.3 Å². The van der Waals surface area contributed by atoms with Crippen molar-refractivity contribution >= 4 is 0 Å². The van der Waals surface area contributed by atoms with Crippen LogP contribution >= 0.6 is 0 Å². The summed E-state index contributed by atoms with van der Waals surface area (Å²) in [4.78, 5) is 0. The van der Waals surface area contributed by atoms with Crippen LogP contribution in [0.4, 0.5) is 4.39 Å². The maximum absolute atomic E-state index is 13.6. The number of benzene rings is 1. The third kappa shape index (κ3) is 1.64. The van der Waals surface area contributed by atoms with Gasteiger partial charge in [-0.15, -0.1) is 10.2 Å². The summed E-state index contributed by atoms with van der Waals surface area (Å²) in [6, 6.07) is 5.89. The van der Waals surface area contributed by atoms with Crippen molar-refractivity contribution in [2.24, 2.45) is 0 Å². The van der Waals surface area contributed by atoms with Crippen molar-refractivity contribution in [2.45, 2.75) is 6.61 Å². The lowest BCUT2D eigenvalue weighted by Crippen LogP contribution is -2.02. The fourth-order valence-corrected chi connectivity index (χ4v) is 1.34. The number of hydrogen-bond acceptors (Lipinski definition) is 4. The average Bonchev–Trinajstić information content (AvgIpc) is 2.76. The van der Waals surface area contributed by atoms with E-state index < -0.39 is 5.82 Å². The Labute approximate surface area is 90.4 Å². The zero-order valence-electron chi connectivity index (χ0n) is 8.13. The highest BCUT2D eigenvalue weighted by atomic mass is 19.1. The Balaban J connectivity index is 2.53. The number of rotatable bonds is 2. The van der Waals surface area contributed by atoms with E-state index in [1.807, 2.05) is 6.07 Å². The molecule has 1 aromatic heterocycles. The van der Waals surface area contributed by atoms with Crippen LogP contribution in [0.15, 0.2) is 24.5 Å². The van der Waals surface area contributed by atoms with Gasteiger partial charge in [0.1, 0.15) is 18.8 Å². The Kier molecular flexibility index (Phi) is 2.62. The van der Waals surface area contributed by atoms with E-state index in [1.165, 1.54) is 23.0 Å². The molecule has 0 spiro atoms. The molecule has 1 N–H and O–H groups in total. The lowest BCUT2D eigenvalue weighted by atomic mass is 10.2. The van der Waals surface area contributed by atoms with Gasteiger partial charge < -0.3 is 5.11 Å². The third-order valence-electron chi connectivity index (χ3n) is 2.10. The van der Waals surface area contributed by atoms with Crippen molar-refractivity contribution in [3.63, 3.8) is 0 Å². The number of aromatic nitrogens is 3. The molecular weight excluding hydrogens is 211 g/mol. The minimum absolute atomic E-state index is 0.202. The molecule has 0 saturated carbocycles. The van der Waals surface area contributed by atoms with Crippen LogP contribution in [0.3, 0.4) is 0 Å². The normalized spacial score (nSPS) is 10.1. The minimum Gasteiger partial charge on any atom is -0.388 e. The van der Waals surface area contributed by atoms with E-state index in [-0.39, 0.29) is 23.7 Å². The van der Waals surface area contributed by atoms with Crippen LogP contribution in [0.5, 0.6) is 0 Å². The highest BCUT2D eigenvalue weighted by molar-refractivity contribution is 5.41.